The molecule has 3 aromatic rings. The van der Waals surface area contributed by atoms with E-state index in [9.17, 15) is 14.7 Å². The van der Waals surface area contributed by atoms with Crippen molar-refractivity contribution in [1.82, 2.24) is 0 Å². The minimum atomic E-state index is -1.49. The molecule has 0 saturated heterocycles. The Kier molecular flexibility index (Phi) is 5.57. The number of aliphatic carboxylic acids is 1. The number of benzene rings is 3. The van der Waals surface area contributed by atoms with Gasteiger partial charge in [0.2, 0.25) is 5.91 Å². The molecule has 0 aliphatic rings. The minimum absolute atomic E-state index is 0.743. The zero-order chi connectivity index (χ0) is 20.1. The van der Waals surface area contributed by atoms with Gasteiger partial charge < -0.3 is 16.6 Å². The molecule has 0 saturated carbocycles. The topological polar surface area (TPSA) is 106 Å². The summed E-state index contributed by atoms with van der Waals surface area (Å²) in [6.45, 7) is 0. The number of carboxylic acid groups (broad SMARTS) is 1. The van der Waals surface area contributed by atoms with Gasteiger partial charge in [-0.1, -0.05) is 91.0 Å². The van der Waals surface area contributed by atoms with Gasteiger partial charge in [0, 0.05) is 0 Å². The van der Waals surface area contributed by atoms with Gasteiger partial charge in [0.15, 0.2) is 0 Å². The number of rotatable bonds is 7. The Morgan fingerprint density at radius 1 is 0.714 bits per heavy atom. The van der Waals surface area contributed by atoms with E-state index in [0.29, 0.717) is 0 Å². The van der Waals surface area contributed by atoms with Crippen LogP contribution in [0.25, 0.3) is 0 Å². The van der Waals surface area contributed by atoms with Gasteiger partial charge in [-0.3, -0.25) is 9.59 Å². The van der Waals surface area contributed by atoms with Crippen LogP contribution in [0.4, 0.5) is 0 Å². The lowest BCUT2D eigenvalue weighted by atomic mass is 9.59. The van der Waals surface area contributed by atoms with Gasteiger partial charge in [0.25, 0.3) is 0 Å². The summed E-state index contributed by atoms with van der Waals surface area (Å²) in [6, 6.07) is 26.4. The van der Waals surface area contributed by atoms with E-state index in [1.807, 2.05) is 91.0 Å². The van der Waals surface area contributed by atoms with Crippen molar-refractivity contribution < 1.29 is 14.7 Å². The second-order valence-corrected chi connectivity index (χ2v) is 6.65. The van der Waals surface area contributed by atoms with Gasteiger partial charge in [0.05, 0.1) is 11.3 Å². The zero-order valence-corrected chi connectivity index (χ0v) is 15.2. The van der Waals surface area contributed by atoms with Gasteiger partial charge >= 0.3 is 5.97 Å². The van der Waals surface area contributed by atoms with Gasteiger partial charge in [-0.2, -0.15) is 0 Å². The third-order valence-corrected chi connectivity index (χ3v) is 5.10. The molecule has 5 heteroatoms. The Balaban J connectivity index is 2.47. The van der Waals surface area contributed by atoms with Crippen molar-refractivity contribution in [1.29, 1.82) is 0 Å². The van der Waals surface area contributed by atoms with Crippen LogP contribution in [0, 0.1) is 5.92 Å². The van der Waals surface area contributed by atoms with Crippen molar-refractivity contribution in [2.75, 3.05) is 0 Å². The number of carbonyl (C=O) groups is 2. The summed E-state index contributed by atoms with van der Waals surface area (Å²) >= 11 is 0. The van der Waals surface area contributed by atoms with Crippen LogP contribution in [-0.4, -0.2) is 23.0 Å². The number of nitrogens with two attached hydrogens (primary N) is 2. The van der Waals surface area contributed by atoms with Crippen LogP contribution >= 0.6 is 0 Å². The highest BCUT2D eigenvalue weighted by Crippen LogP contribution is 2.46. The molecule has 3 aromatic carbocycles. The number of hydrogen-bond donors (Lipinski definition) is 3. The predicted octanol–water partition coefficient (Wildman–Crippen LogP) is 2.53. The highest BCUT2D eigenvalue weighted by atomic mass is 16.4. The molecule has 0 aliphatic carbocycles. The molecule has 2 unspecified atom stereocenters. The van der Waals surface area contributed by atoms with E-state index in [2.05, 4.69) is 0 Å². The van der Waals surface area contributed by atoms with Gasteiger partial charge in [0.1, 0.15) is 6.04 Å². The van der Waals surface area contributed by atoms with E-state index in [0.717, 1.165) is 16.7 Å². The van der Waals surface area contributed by atoms with Gasteiger partial charge in [-0.25, -0.2) is 0 Å². The van der Waals surface area contributed by atoms with Gasteiger partial charge in [-0.15, -0.1) is 0 Å². The highest BCUT2D eigenvalue weighted by Gasteiger charge is 2.51. The first-order valence-electron chi connectivity index (χ1n) is 8.94. The molecule has 0 heterocycles. The third-order valence-electron chi connectivity index (χ3n) is 5.10. The molecule has 0 aliphatic heterocycles. The van der Waals surface area contributed by atoms with Crippen LogP contribution in [-0.2, 0) is 15.0 Å². The lowest BCUT2D eigenvalue weighted by molar-refractivity contribution is -0.143. The smallest absolute Gasteiger partial charge is 0.321 e. The molecule has 28 heavy (non-hydrogen) atoms. The summed E-state index contributed by atoms with van der Waals surface area (Å²) in [5.41, 5.74) is 12.9. The molecule has 0 bridgehead atoms. The Bertz CT molecular complexity index is 847. The fraction of sp³-hybridized carbons (Fsp3) is 0.130. The highest BCUT2D eigenvalue weighted by molar-refractivity contribution is 5.89. The van der Waals surface area contributed by atoms with E-state index in [-0.39, 0.29) is 0 Å². The van der Waals surface area contributed by atoms with Gasteiger partial charge in [-0.05, 0) is 16.7 Å². The van der Waals surface area contributed by atoms with E-state index < -0.39 is 29.3 Å². The Hall–Kier alpha value is -3.44. The first-order valence-corrected chi connectivity index (χ1v) is 8.94. The van der Waals surface area contributed by atoms with E-state index in [1.165, 1.54) is 0 Å². The molecule has 1 amide bonds. The molecule has 142 valence electrons. The molecule has 0 spiro atoms. The van der Waals surface area contributed by atoms with Crippen LogP contribution in [0.1, 0.15) is 16.7 Å². The predicted molar refractivity (Wildman–Crippen MR) is 108 cm³/mol. The summed E-state index contributed by atoms with van der Waals surface area (Å²) in [6.07, 6.45) is 0. The van der Waals surface area contributed by atoms with E-state index in [4.69, 9.17) is 11.5 Å². The fourth-order valence-corrected chi connectivity index (χ4v) is 3.94. The molecule has 0 radical (unpaired) electrons. The van der Waals surface area contributed by atoms with Crippen LogP contribution < -0.4 is 11.5 Å². The average Bonchev–Trinajstić information content (AvgIpc) is 2.73. The van der Waals surface area contributed by atoms with Crippen molar-refractivity contribution in [2.24, 2.45) is 17.4 Å². The normalized spacial score (nSPS) is 13.5. The monoisotopic (exact) mass is 374 g/mol. The second-order valence-electron chi connectivity index (χ2n) is 6.65. The van der Waals surface area contributed by atoms with Crippen molar-refractivity contribution in [2.45, 2.75) is 11.5 Å². The molecule has 0 fully saturated rings. The fourth-order valence-electron chi connectivity index (χ4n) is 3.94. The lowest BCUT2D eigenvalue weighted by Gasteiger charge is -2.42. The Labute approximate surface area is 163 Å². The number of carbonyl (C=O) groups excluding carboxylic acids is 1. The summed E-state index contributed by atoms with van der Waals surface area (Å²) < 4.78 is 0. The maximum absolute atomic E-state index is 12.7. The van der Waals surface area contributed by atoms with Crippen LogP contribution in [0.3, 0.4) is 0 Å². The SMILES string of the molecule is NC(=O)C(C(N)C(=O)O)C(c1ccccc1)(c1ccccc1)c1ccccc1. The molecule has 5 nitrogen and oxygen atoms in total. The number of carboxylic acids is 1. The molecule has 0 aromatic heterocycles. The lowest BCUT2D eigenvalue weighted by Crippen LogP contribution is -2.56. The molecular formula is C23H22N2O3. The van der Waals surface area contributed by atoms with Crippen molar-refractivity contribution in [3.8, 4) is 0 Å². The second kappa shape index (κ2) is 8.06. The largest absolute Gasteiger partial charge is 0.480 e. The van der Waals surface area contributed by atoms with Crippen molar-refractivity contribution in [3.05, 3.63) is 108 Å². The Morgan fingerprint density at radius 3 is 1.29 bits per heavy atom. The van der Waals surface area contributed by atoms with Crippen LogP contribution in [0.5, 0.6) is 0 Å². The molecular weight excluding hydrogens is 352 g/mol. The Morgan fingerprint density at radius 2 is 1.04 bits per heavy atom. The summed E-state index contributed by atoms with van der Waals surface area (Å²) in [4.78, 5) is 24.5. The van der Waals surface area contributed by atoms with Crippen LogP contribution in [0.2, 0.25) is 0 Å². The number of primary amides is 1. The zero-order valence-electron chi connectivity index (χ0n) is 15.2. The summed E-state index contributed by atoms with van der Waals surface area (Å²) in [5, 5.41) is 9.67. The van der Waals surface area contributed by atoms with Crippen molar-refractivity contribution in [3.63, 3.8) is 0 Å². The quantitative estimate of drug-likeness (QED) is 0.553. The van der Waals surface area contributed by atoms with E-state index >= 15 is 0 Å². The average molecular weight is 374 g/mol. The standard InChI is InChI=1S/C23H22N2O3/c24-20(22(27)28)19(21(25)26)23(16-10-4-1-5-11-16,17-12-6-2-7-13-17)18-14-8-3-9-15-18/h1-15,19-20H,24H2,(H2,25,26)(H,27,28). The van der Waals surface area contributed by atoms with Crippen molar-refractivity contribution >= 4 is 11.9 Å². The third kappa shape index (κ3) is 3.28. The minimum Gasteiger partial charge on any atom is -0.480 e. The molecule has 2 atom stereocenters. The number of hydrogen-bond acceptors (Lipinski definition) is 3. The van der Waals surface area contributed by atoms with Crippen LogP contribution in [0.15, 0.2) is 91.0 Å². The maximum atomic E-state index is 12.7. The first-order chi connectivity index (χ1) is 13.5. The molecule has 3 rings (SSSR count). The maximum Gasteiger partial charge on any atom is 0.321 e. The molecule has 5 N–H and O–H groups in total. The number of amides is 1. The van der Waals surface area contributed by atoms with E-state index in [1.54, 1.807) is 0 Å². The summed E-state index contributed by atoms with van der Waals surface area (Å²) in [5.74, 6) is -3.26. The first kappa shape index (κ1) is 19.3. The summed E-state index contributed by atoms with van der Waals surface area (Å²) in [7, 11) is 0.